The van der Waals surface area contributed by atoms with Crippen LogP contribution in [0.4, 0.5) is 10.5 Å². The van der Waals surface area contributed by atoms with Gasteiger partial charge in [-0.05, 0) is 44.7 Å². The van der Waals surface area contributed by atoms with Crippen LogP contribution in [0.3, 0.4) is 0 Å². The van der Waals surface area contributed by atoms with E-state index in [-0.39, 0.29) is 18.2 Å². The summed E-state index contributed by atoms with van der Waals surface area (Å²) in [5.41, 5.74) is 0.558. The first-order valence-electron chi connectivity index (χ1n) is 7.02. The van der Waals surface area contributed by atoms with Crippen molar-refractivity contribution in [2.45, 2.75) is 44.8 Å². The largest absolute Gasteiger partial charge is 0.476 e. The summed E-state index contributed by atoms with van der Waals surface area (Å²) in [6, 6.07) is 3.35. The van der Waals surface area contributed by atoms with Gasteiger partial charge in [-0.3, -0.25) is 0 Å². The summed E-state index contributed by atoms with van der Waals surface area (Å²) < 4.78 is 5.36. The van der Waals surface area contributed by atoms with Crippen LogP contribution in [0.15, 0.2) is 18.3 Å². The van der Waals surface area contributed by atoms with Crippen LogP contribution in [-0.2, 0) is 0 Å². The molecule has 0 unspecified atom stereocenters. The van der Waals surface area contributed by atoms with Crippen LogP contribution < -0.4 is 15.4 Å². The van der Waals surface area contributed by atoms with Crippen LogP contribution in [0.1, 0.15) is 32.6 Å². The van der Waals surface area contributed by atoms with Crippen molar-refractivity contribution in [1.82, 2.24) is 10.3 Å². The molecule has 0 saturated heterocycles. The van der Waals surface area contributed by atoms with E-state index in [1.165, 1.54) is 0 Å². The molecule has 0 aliphatic heterocycles. The lowest BCUT2D eigenvalue weighted by Crippen LogP contribution is -2.40. The number of nitrogens with one attached hydrogen (secondary N) is 2. The van der Waals surface area contributed by atoms with Crippen molar-refractivity contribution in [3.63, 3.8) is 0 Å². The SMILES string of the molecule is CCOc1ncccc1NC(=O)NC1CCC(O)CC1. The number of urea groups is 1. The third kappa shape index (κ3) is 4.09. The molecule has 1 aromatic rings. The summed E-state index contributed by atoms with van der Waals surface area (Å²) in [5.74, 6) is 0.421. The highest BCUT2D eigenvalue weighted by molar-refractivity contribution is 5.90. The molecule has 0 aromatic carbocycles. The molecule has 1 aliphatic rings. The number of aliphatic hydroxyl groups excluding tert-OH is 1. The minimum absolute atomic E-state index is 0.116. The number of rotatable bonds is 4. The maximum atomic E-state index is 12.0. The number of amides is 2. The van der Waals surface area contributed by atoms with Gasteiger partial charge in [0.1, 0.15) is 5.69 Å². The Bertz CT molecular complexity index is 445. The molecule has 0 atom stereocenters. The van der Waals surface area contributed by atoms with E-state index in [1.807, 2.05) is 6.92 Å². The van der Waals surface area contributed by atoms with Crippen molar-refractivity contribution in [1.29, 1.82) is 0 Å². The first-order chi connectivity index (χ1) is 9.69. The quantitative estimate of drug-likeness (QED) is 0.786. The number of aliphatic hydroxyl groups is 1. The van der Waals surface area contributed by atoms with E-state index < -0.39 is 0 Å². The van der Waals surface area contributed by atoms with E-state index in [4.69, 9.17) is 4.74 Å². The van der Waals surface area contributed by atoms with E-state index >= 15 is 0 Å². The van der Waals surface area contributed by atoms with Gasteiger partial charge in [0.2, 0.25) is 5.88 Å². The van der Waals surface area contributed by atoms with Crippen LogP contribution in [-0.4, -0.2) is 34.9 Å². The average molecular weight is 279 g/mol. The fourth-order valence-corrected chi connectivity index (χ4v) is 2.30. The number of hydrogen-bond donors (Lipinski definition) is 3. The second-order valence-corrected chi connectivity index (χ2v) is 4.89. The molecule has 2 rings (SSSR count). The van der Waals surface area contributed by atoms with Gasteiger partial charge in [-0.15, -0.1) is 0 Å². The number of aromatic nitrogens is 1. The summed E-state index contributed by atoms with van der Waals surface area (Å²) in [7, 11) is 0. The number of ether oxygens (including phenoxy) is 1. The molecule has 3 N–H and O–H groups in total. The summed E-state index contributed by atoms with van der Waals surface area (Å²) in [6.07, 6.45) is 4.49. The Morgan fingerprint density at radius 1 is 1.45 bits per heavy atom. The number of anilines is 1. The van der Waals surface area contributed by atoms with Gasteiger partial charge in [0.05, 0.1) is 12.7 Å². The number of pyridine rings is 1. The number of carbonyl (C=O) groups is 1. The van der Waals surface area contributed by atoms with Gasteiger partial charge in [0.15, 0.2) is 0 Å². The van der Waals surface area contributed by atoms with Crippen molar-refractivity contribution in [2.24, 2.45) is 0 Å². The molecule has 20 heavy (non-hydrogen) atoms. The first-order valence-corrected chi connectivity index (χ1v) is 7.02. The van der Waals surface area contributed by atoms with E-state index in [1.54, 1.807) is 18.3 Å². The average Bonchev–Trinajstić information content (AvgIpc) is 2.44. The fourth-order valence-electron chi connectivity index (χ4n) is 2.30. The van der Waals surface area contributed by atoms with E-state index in [0.29, 0.717) is 18.2 Å². The van der Waals surface area contributed by atoms with E-state index in [9.17, 15) is 9.90 Å². The fraction of sp³-hybridized carbons (Fsp3) is 0.571. The lowest BCUT2D eigenvalue weighted by Gasteiger charge is -2.26. The molecule has 110 valence electrons. The zero-order valence-electron chi connectivity index (χ0n) is 11.6. The summed E-state index contributed by atoms with van der Waals surface area (Å²) in [5, 5.41) is 15.1. The van der Waals surface area contributed by atoms with Crippen LogP contribution in [0.25, 0.3) is 0 Å². The Labute approximate surface area is 118 Å². The van der Waals surface area contributed by atoms with Gasteiger partial charge >= 0.3 is 6.03 Å². The smallest absolute Gasteiger partial charge is 0.319 e. The van der Waals surface area contributed by atoms with Gasteiger partial charge in [-0.2, -0.15) is 0 Å². The number of hydrogen-bond acceptors (Lipinski definition) is 4. The molecule has 0 radical (unpaired) electrons. The Balaban J connectivity index is 1.88. The maximum absolute atomic E-state index is 12.0. The van der Waals surface area contributed by atoms with Gasteiger partial charge in [0.25, 0.3) is 0 Å². The highest BCUT2D eigenvalue weighted by Gasteiger charge is 2.21. The minimum Gasteiger partial charge on any atom is -0.476 e. The molecule has 1 fully saturated rings. The molecule has 1 heterocycles. The Morgan fingerprint density at radius 2 is 2.20 bits per heavy atom. The molecular weight excluding hydrogens is 258 g/mol. The van der Waals surface area contributed by atoms with Crippen molar-refractivity contribution in [3.05, 3.63) is 18.3 Å². The van der Waals surface area contributed by atoms with Gasteiger partial charge in [0, 0.05) is 12.2 Å². The molecule has 1 aliphatic carbocycles. The van der Waals surface area contributed by atoms with E-state index in [2.05, 4.69) is 15.6 Å². The van der Waals surface area contributed by atoms with Crippen LogP contribution in [0, 0.1) is 0 Å². The molecule has 6 heteroatoms. The van der Waals surface area contributed by atoms with Crippen LogP contribution in [0.2, 0.25) is 0 Å². The monoisotopic (exact) mass is 279 g/mol. The predicted octanol–water partition coefficient (Wildman–Crippen LogP) is 1.91. The third-order valence-corrected chi connectivity index (χ3v) is 3.33. The molecule has 0 spiro atoms. The standard InChI is InChI=1S/C14H21N3O3/c1-2-20-13-12(4-3-9-15-13)17-14(19)16-10-5-7-11(18)8-6-10/h3-4,9-11,18H,2,5-8H2,1H3,(H2,16,17,19). The lowest BCUT2D eigenvalue weighted by molar-refractivity contribution is 0.118. The Morgan fingerprint density at radius 3 is 2.90 bits per heavy atom. The Hall–Kier alpha value is -1.82. The summed E-state index contributed by atoms with van der Waals surface area (Å²) in [4.78, 5) is 16.0. The van der Waals surface area contributed by atoms with E-state index in [0.717, 1.165) is 25.7 Å². The predicted molar refractivity (Wildman–Crippen MR) is 75.8 cm³/mol. The van der Waals surface area contributed by atoms with Crippen LogP contribution in [0.5, 0.6) is 5.88 Å². The zero-order valence-corrected chi connectivity index (χ0v) is 11.6. The highest BCUT2D eigenvalue weighted by atomic mass is 16.5. The highest BCUT2D eigenvalue weighted by Crippen LogP contribution is 2.21. The third-order valence-electron chi connectivity index (χ3n) is 3.33. The topological polar surface area (TPSA) is 83.5 Å². The lowest BCUT2D eigenvalue weighted by atomic mass is 9.93. The molecule has 0 bridgehead atoms. The second-order valence-electron chi connectivity index (χ2n) is 4.89. The summed E-state index contributed by atoms with van der Waals surface area (Å²) in [6.45, 7) is 2.36. The second kappa shape index (κ2) is 7.09. The first kappa shape index (κ1) is 14.6. The number of nitrogens with zero attached hydrogens (tertiary/aromatic N) is 1. The zero-order chi connectivity index (χ0) is 14.4. The van der Waals surface area contributed by atoms with Gasteiger partial charge in [-0.25, -0.2) is 9.78 Å². The molecule has 1 saturated carbocycles. The van der Waals surface area contributed by atoms with Gasteiger partial charge < -0.3 is 20.5 Å². The normalized spacial score (nSPS) is 22.1. The van der Waals surface area contributed by atoms with Crippen molar-refractivity contribution < 1.29 is 14.6 Å². The van der Waals surface area contributed by atoms with Crippen LogP contribution >= 0.6 is 0 Å². The van der Waals surface area contributed by atoms with Crippen molar-refractivity contribution in [2.75, 3.05) is 11.9 Å². The van der Waals surface area contributed by atoms with Crippen molar-refractivity contribution in [3.8, 4) is 5.88 Å². The Kier molecular flexibility index (Phi) is 5.17. The molecule has 1 aromatic heterocycles. The maximum Gasteiger partial charge on any atom is 0.319 e. The molecule has 6 nitrogen and oxygen atoms in total. The molecular formula is C14H21N3O3. The minimum atomic E-state index is -0.264. The summed E-state index contributed by atoms with van der Waals surface area (Å²) >= 11 is 0. The van der Waals surface area contributed by atoms with Gasteiger partial charge in [-0.1, -0.05) is 0 Å². The van der Waals surface area contributed by atoms with Crippen molar-refractivity contribution >= 4 is 11.7 Å². The number of carbonyl (C=O) groups excluding carboxylic acids is 1. The molecule has 2 amide bonds.